The molecule has 130 valence electrons. The van der Waals surface area contributed by atoms with Crippen LogP contribution in [0.5, 0.6) is 5.75 Å². The lowest BCUT2D eigenvalue weighted by atomic mass is 9.78. The predicted octanol–water partition coefficient (Wildman–Crippen LogP) is 3.03. The summed E-state index contributed by atoms with van der Waals surface area (Å²) in [7, 11) is 0. The second-order valence-electron chi connectivity index (χ2n) is 8.11. The van der Waals surface area contributed by atoms with E-state index in [2.05, 4.69) is 52.9 Å². The van der Waals surface area contributed by atoms with Crippen molar-refractivity contribution in [2.24, 2.45) is 0 Å². The van der Waals surface area contributed by atoms with Crippen molar-refractivity contribution < 1.29 is 15.0 Å². The topological polar surface area (TPSA) is 69.6 Å². The minimum Gasteiger partial charge on any atom is -0.507 e. The molecule has 1 rings (SSSR count). The van der Waals surface area contributed by atoms with Crippen molar-refractivity contribution >= 4 is 5.91 Å². The van der Waals surface area contributed by atoms with E-state index < -0.39 is 0 Å². The summed E-state index contributed by atoms with van der Waals surface area (Å²) in [6, 6.07) is 4.08. The van der Waals surface area contributed by atoms with Crippen molar-refractivity contribution in [3.8, 4) is 5.75 Å². The van der Waals surface area contributed by atoms with Gasteiger partial charge in [-0.15, -0.1) is 0 Å². The minimum absolute atomic E-state index is 0.0262. The predicted molar refractivity (Wildman–Crippen MR) is 93.9 cm³/mol. The molecule has 0 spiro atoms. The van der Waals surface area contributed by atoms with Crippen molar-refractivity contribution in [2.45, 2.75) is 65.2 Å². The standard InChI is InChI=1S/C19H31NO3/c1-18(2,3)14-11-13(7-8-16(22)20-9-10-21)17(23)15(12-14)19(4,5)6/h11-12,21,23H,7-10H2,1-6H3,(H,20,22). The van der Waals surface area contributed by atoms with Crippen LogP contribution in [-0.4, -0.2) is 29.3 Å². The molecule has 0 saturated carbocycles. The van der Waals surface area contributed by atoms with Gasteiger partial charge in [-0.1, -0.05) is 53.7 Å². The molecule has 0 heterocycles. The second kappa shape index (κ2) is 7.35. The zero-order valence-electron chi connectivity index (χ0n) is 15.3. The zero-order valence-corrected chi connectivity index (χ0v) is 15.3. The Kier molecular flexibility index (Phi) is 6.23. The Bertz CT molecular complexity index is 551. The second-order valence-corrected chi connectivity index (χ2v) is 8.11. The maximum absolute atomic E-state index is 11.7. The van der Waals surface area contributed by atoms with Crippen molar-refractivity contribution in [3.63, 3.8) is 0 Å². The fourth-order valence-electron chi connectivity index (χ4n) is 2.42. The summed E-state index contributed by atoms with van der Waals surface area (Å²) in [5, 5.41) is 22.0. The fourth-order valence-corrected chi connectivity index (χ4v) is 2.42. The summed E-state index contributed by atoms with van der Waals surface area (Å²) < 4.78 is 0. The van der Waals surface area contributed by atoms with Crippen LogP contribution in [0.1, 0.15) is 64.7 Å². The number of aliphatic hydroxyl groups is 1. The van der Waals surface area contributed by atoms with E-state index in [1.165, 1.54) is 0 Å². The van der Waals surface area contributed by atoms with E-state index in [0.29, 0.717) is 18.6 Å². The number of hydrogen-bond donors (Lipinski definition) is 3. The molecule has 23 heavy (non-hydrogen) atoms. The van der Waals surface area contributed by atoms with E-state index in [9.17, 15) is 9.90 Å². The molecule has 1 aromatic carbocycles. The van der Waals surface area contributed by atoms with E-state index in [0.717, 1.165) is 16.7 Å². The minimum atomic E-state index is -0.167. The van der Waals surface area contributed by atoms with Gasteiger partial charge in [0.05, 0.1) is 6.61 Å². The van der Waals surface area contributed by atoms with Crippen LogP contribution in [0.3, 0.4) is 0 Å². The zero-order chi connectivity index (χ0) is 17.8. The molecule has 0 atom stereocenters. The highest BCUT2D eigenvalue weighted by atomic mass is 16.3. The van der Waals surface area contributed by atoms with Crippen LogP contribution >= 0.6 is 0 Å². The average molecular weight is 321 g/mol. The van der Waals surface area contributed by atoms with E-state index in [4.69, 9.17) is 5.11 Å². The Hall–Kier alpha value is -1.55. The summed E-state index contributed by atoms with van der Waals surface area (Å²) in [6.45, 7) is 12.9. The van der Waals surface area contributed by atoms with Crippen LogP contribution in [0.4, 0.5) is 0 Å². The van der Waals surface area contributed by atoms with Gasteiger partial charge in [-0.3, -0.25) is 4.79 Å². The number of hydrogen-bond acceptors (Lipinski definition) is 3. The first-order valence-corrected chi connectivity index (χ1v) is 8.21. The summed E-state index contributed by atoms with van der Waals surface area (Å²) in [5.74, 6) is 0.178. The molecule has 0 aromatic heterocycles. The van der Waals surface area contributed by atoms with E-state index >= 15 is 0 Å². The molecule has 4 heteroatoms. The molecule has 0 radical (unpaired) electrons. The number of carbonyl (C=O) groups is 1. The Morgan fingerprint density at radius 1 is 1.09 bits per heavy atom. The Morgan fingerprint density at radius 3 is 2.17 bits per heavy atom. The normalized spacial score (nSPS) is 12.3. The maximum atomic E-state index is 11.7. The first kappa shape index (κ1) is 19.5. The van der Waals surface area contributed by atoms with Gasteiger partial charge in [0.25, 0.3) is 0 Å². The molecule has 0 aliphatic heterocycles. The SMILES string of the molecule is CC(C)(C)c1cc(CCC(=O)NCCO)c(O)c(C(C)(C)C)c1. The van der Waals surface area contributed by atoms with Gasteiger partial charge in [-0.05, 0) is 33.9 Å². The van der Waals surface area contributed by atoms with Crippen LogP contribution in [-0.2, 0) is 22.0 Å². The maximum Gasteiger partial charge on any atom is 0.220 e. The number of amides is 1. The average Bonchev–Trinajstić information content (AvgIpc) is 2.41. The Morgan fingerprint density at radius 2 is 1.70 bits per heavy atom. The van der Waals surface area contributed by atoms with Gasteiger partial charge >= 0.3 is 0 Å². The van der Waals surface area contributed by atoms with Crippen LogP contribution in [0.2, 0.25) is 0 Å². The summed E-state index contributed by atoms with van der Waals surface area (Å²) in [5.41, 5.74) is 2.68. The van der Waals surface area contributed by atoms with Crippen LogP contribution < -0.4 is 5.32 Å². The number of aryl methyl sites for hydroxylation is 1. The number of phenolic OH excluding ortho intramolecular Hbond substituents is 1. The van der Waals surface area contributed by atoms with Crippen LogP contribution in [0, 0.1) is 0 Å². The van der Waals surface area contributed by atoms with E-state index in [-0.39, 0.29) is 29.9 Å². The van der Waals surface area contributed by atoms with Crippen molar-refractivity contribution in [2.75, 3.05) is 13.2 Å². The first-order valence-electron chi connectivity index (χ1n) is 8.21. The highest BCUT2D eigenvalue weighted by molar-refractivity contribution is 5.76. The van der Waals surface area contributed by atoms with E-state index in [1.54, 1.807) is 0 Å². The molecule has 4 nitrogen and oxygen atoms in total. The molecule has 0 bridgehead atoms. The number of rotatable bonds is 5. The van der Waals surface area contributed by atoms with Crippen molar-refractivity contribution in [1.29, 1.82) is 0 Å². The van der Waals surface area contributed by atoms with Crippen molar-refractivity contribution in [3.05, 3.63) is 28.8 Å². The number of aromatic hydroxyl groups is 1. The molecule has 0 aliphatic carbocycles. The highest BCUT2D eigenvalue weighted by Crippen LogP contribution is 2.38. The Labute approximate surface area is 139 Å². The molecule has 0 saturated heterocycles. The molecule has 0 unspecified atom stereocenters. The molecular formula is C19H31NO3. The van der Waals surface area contributed by atoms with Gasteiger partial charge in [-0.2, -0.15) is 0 Å². The van der Waals surface area contributed by atoms with Crippen LogP contribution in [0.15, 0.2) is 12.1 Å². The molecule has 0 aliphatic rings. The summed E-state index contributed by atoms with van der Waals surface area (Å²) >= 11 is 0. The van der Waals surface area contributed by atoms with Gasteiger partial charge < -0.3 is 15.5 Å². The Balaban J connectivity index is 3.13. The number of phenols is 1. The van der Waals surface area contributed by atoms with Gasteiger partial charge in [0.2, 0.25) is 5.91 Å². The largest absolute Gasteiger partial charge is 0.507 e. The van der Waals surface area contributed by atoms with Gasteiger partial charge in [-0.25, -0.2) is 0 Å². The van der Waals surface area contributed by atoms with Crippen LogP contribution in [0.25, 0.3) is 0 Å². The highest BCUT2D eigenvalue weighted by Gasteiger charge is 2.24. The summed E-state index contributed by atoms with van der Waals surface area (Å²) in [4.78, 5) is 11.7. The third-order valence-corrected chi connectivity index (χ3v) is 3.92. The number of aliphatic hydroxyl groups excluding tert-OH is 1. The van der Waals surface area contributed by atoms with Gasteiger partial charge in [0, 0.05) is 13.0 Å². The lowest BCUT2D eigenvalue weighted by Crippen LogP contribution is -2.26. The third kappa shape index (κ3) is 5.54. The first-order chi connectivity index (χ1) is 10.5. The number of carbonyl (C=O) groups excluding carboxylic acids is 1. The summed E-state index contributed by atoms with van der Waals surface area (Å²) in [6.07, 6.45) is 0.779. The number of nitrogens with one attached hydrogen (secondary N) is 1. The molecule has 1 amide bonds. The number of benzene rings is 1. The van der Waals surface area contributed by atoms with Crippen molar-refractivity contribution in [1.82, 2.24) is 5.32 Å². The third-order valence-electron chi connectivity index (χ3n) is 3.92. The quantitative estimate of drug-likeness (QED) is 0.781. The monoisotopic (exact) mass is 321 g/mol. The molecule has 3 N–H and O–H groups in total. The lowest BCUT2D eigenvalue weighted by Gasteiger charge is -2.27. The molecular weight excluding hydrogens is 290 g/mol. The smallest absolute Gasteiger partial charge is 0.220 e. The molecule has 1 aromatic rings. The van der Waals surface area contributed by atoms with Gasteiger partial charge in [0.15, 0.2) is 0 Å². The lowest BCUT2D eigenvalue weighted by molar-refractivity contribution is -0.121. The molecule has 0 fully saturated rings. The van der Waals surface area contributed by atoms with Gasteiger partial charge in [0.1, 0.15) is 5.75 Å². The van der Waals surface area contributed by atoms with E-state index in [1.807, 2.05) is 6.07 Å². The fraction of sp³-hybridized carbons (Fsp3) is 0.632.